The minimum atomic E-state index is 0.949. The summed E-state index contributed by atoms with van der Waals surface area (Å²) in [6.07, 6.45) is 5.29. The summed E-state index contributed by atoms with van der Waals surface area (Å²) in [6.45, 7) is 11.8. The van der Waals surface area contributed by atoms with Crippen molar-refractivity contribution in [3.63, 3.8) is 0 Å². The molecular weight excluding hydrogens is 160 g/mol. The second-order valence-electron chi connectivity index (χ2n) is 3.13. The number of rotatable bonds is 7. The Hall–Kier alpha value is -0.0800. The summed E-state index contributed by atoms with van der Waals surface area (Å²) in [4.78, 5) is 0. The van der Waals surface area contributed by atoms with Gasteiger partial charge in [-0.05, 0) is 19.5 Å². The van der Waals surface area contributed by atoms with E-state index in [9.17, 15) is 0 Å². The van der Waals surface area contributed by atoms with Crippen LogP contribution >= 0.6 is 0 Å². The molecule has 2 N–H and O–H groups in total. The summed E-state index contributed by atoms with van der Waals surface area (Å²) in [5.74, 6) is 0. The zero-order valence-corrected chi connectivity index (χ0v) is 9.95. The summed E-state index contributed by atoms with van der Waals surface area (Å²) in [7, 11) is 0. The van der Waals surface area contributed by atoms with Crippen LogP contribution in [-0.4, -0.2) is 19.8 Å². The van der Waals surface area contributed by atoms with Crippen LogP contribution in [0.1, 0.15) is 53.4 Å². The van der Waals surface area contributed by atoms with Gasteiger partial charge in [0, 0.05) is 6.67 Å². The normalized spacial score (nSPS) is 9.23. The lowest BCUT2D eigenvalue weighted by atomic mass is 10.3. The molecule has 0 aliphatic rings. The van der Waals surface area contributed by atoms with Gasteiger partial charge in [0.05, 0.1) is 0 Å². The van der Waals surface area contributed by atoms with Gasteiger partial charge in [-0.25, -0.2) is 0 Å². The Balaban J connectivity index is 0. The van der Waals surface area contributed by atoms with Gasteiger partial charge in [-0.1, -0.05) is 47.0 Å². The first kappa shape index (κ1) is 15.4. The fraction of sp³-hybridized carbons (Fsp3) is 1.00. The van der Waals surface area contributed by atoms with Crippen LogP contribution in [0.3, 0.4) is 0 Å². The van der Waals surface area contributed by atoms with Crippen molar-refractivity contribution in [1.29, 1.82) is 0 Å². The van der Waals surface area contributed by atoms with Crippen LogP contribution in [0.25, 0.3) is 0 Å². The Morgan fingerprint density at radius 2 is 1.38 bits per heavy atom. The van der Waals surface area contributed by atoms with Crippen molar-refractivity contribution in [2.24, 2.45) is 0 Å². The molecule has 0 saturated carbocycles. The molecule has 0 saturated heterocycles. The molecule has 0 aliphatic carbocycles. The Morgan fingerprint density at radius 3 is 1.69 bits per heavy atom. The highest BCUT2D eigenvalue weighted by Crippen LogP contribution is 1.88. The van der Waals surface area contributed by atoms with E-state index in [1.54, 1.807) is 0 Å². The molecule has 0 aliphatic heterocycles. The van der Waals surface area contributed by atoms with Gasteiger partial charge >= 0.3 is 0 Å². The van der Waals surface area contributed by atoms with Crippen molar-refractivity contribution in [1.82, 2.24) is 10.6 Å². The molecule has 0 rings (SSSR count). The van der Waals surface area contributed by atoms with E-state index in [0.717, 1.165) is 19.8 Å². The Morgan fingerprint density at radius 1 is 0.769 bits per heavy atom. The van der Waals surface area contributed by atoms with Gasteiger partial charge in [0.2, 0.25) is 0 Å². The van der Waals surface area contributed by atoms with E-state index in [0.29, 0.717) is 0 Å². The van der Waals surface area contributed by atoms with Gasteiger partial charge in [0.15, 0.2) is 0 Å². The van der Waals surface area contributed by atoms with Crippen molar-refractivity contribution >= 4 is 0 Å². The smallest absolute Gasteiger partial charge is 0.0454 e. The highest BCUT2D eigenvalue weighted by molar-refractivity contribution is 4.40. The Labute approximate surface area is 84.5 Å². The Bertz CT molecular complexity index is 57.1. The van der Waals surface area contributed by atoms with E-state index in [2.05, 4.69) is 38.3 Å². The maximum absolute atomic E-state index is 3.22. The van der Waals surface area contributed by atoms with Crippen molar-refractivity contribution < 1.29 is 0 Å². The first-order valence-corrected chi connectivity index (χ1v) is 5.74. The first-order valence-electron chi connectivity index (χ1n) is 5.74. The second-order valence-corrected chi connectivity index (χ2v) is 3.13. The Kier molecular flexibility index (Phi) is 21.2. The molecule has 0 aromatic carbocycles. The predicted molar refractivity (Wildman–Crippen MR) is 62.0 cm³/mol. The largest absolute Gasteiger partial charge is 0.305 e. The molecule has 0 unspecified atom stereocenters. The van der Waals surface area contributed by atoms with Crippen molar-refractivity contribution in [3.8, 4) is 0 Å². The lowest BCUT2D eigenvalue weighted by Crippen LogP contribution is -2.28. The van der Waals surface area contributed by atoms with Crippen molar-refractivity contribution in [3.05, 3.63) is 0 Å². The topological polar surface area (TPSA) is 24.1 Å². The summed E-state index contributed by atoms with van der Waals surface area (Å²) < 4.78 is 0. The predicted octanol–water partition coefficient (Wildman–Crippen LogP) is 2.75. The fourth-order valence-electron chi connectivity index (χ4n) is 0.832. The van der Waals surface area contributed by atoms with Crippen molar-refractivity contribution in [2.45, 2.75) is 53.4 Å². The average Bonchev–Trinajstić information content (AvgIpc) is 2.15. The second kappa shape index (κ2) is 17.9. The first-order chi connectivity index (χ1) is 6.33. The summed E-state index contributed by atoms with van der Waals surface area (Å²) in [5, 5.41) is 6.40. The van der Waals surface area contributed by atoms with Crippen LogP contribution in [0.2, 0.25) is 0 Å². The van der Waals surface area contributed by atoms with Gasteiger partial charge in [0.1, 0.15) is 0 Å². The molecular formula is C11H28N2. The van der Waals surface area contributed by atoms with Gasteiger partial charge < -0.3 is 10.6 Å². The number of nitrogens with one attached hydrogen (secondary N) is 2. The van der Waals surface area contributed by atoms with E-state index < -0.39 is 0 Å². The molecule has 0 amide bonds. The zero-order valence-electron chi connectivity index (χ0n) is 9.95. The van der Waals surface area contributed by atoms with Crippen LogP contribution < -0.4 is 10.6 Å². The van der Waals surface area contributed by atoms with Gasteiger partial charge in [-0.2, -0.15) is 0 Å². The highest BCUT2D eigenvalue weighted by atomic mass is 15.0. The van der Waals surface area contributed by atoms with E-state index >= 15 is 0 Å². The highest BCUT2D eigenvalue weighted by Gasteiger charge is 1.78. The van der Waals surface area contributed by atoms with E-state index in [1.165, 1.54) is 25.7 Å². The van der Waals surface area contributed by atoms with Crippen LogP contribution in [0, 0.1) is 0 Å². The van der Waals surface area contributed by atoms with Gasteiger partial charge in [-0.15, -0.1) is 0 Å². The molecule has 0 fully saturated rings. The molecule has 0 bridgehead atoms. The molecule has 13 heavy (non-hydrogen) atoms. The third-order valence-electron chi connectivity index (χ3n) is 1.63. The minimum Gasteiger partial charge on any atom is -0.305 e. The van der Waals surface area contributed by atoms with Crippen LogP contribution in [0.5, 0.6) is 0 Å². The molecule has 0 spiro atoms. The van der Waals surface area contributed by atoms with E-state index in [-0.39, 0.29) is 0 Å². The third-order valence-corrected chi connectivity index (χ3v) is 1.63. The standard InChI is InChI=1S/C6H16N2.C5H12/c1-3-5-8-6-7-4-2;1-3-5-4-2/h7-8H,3-6H2,1-2H3;3-5H2,1-2H3. The van der Waals surface area contributed by atoms with Crippen molar-refractivity contribution in [2.75, 3.05) is 19.8 Å². The lowest BCUT2D eigenvalue weighted by molar-refractivity contribution is 0.593. The minimum absolute atomic E-state index is 0.949. The maximum Gasteiger partial charge on any atom is 0.0454 e. The molecule has 0 aromatic heterocycles. The monoisotopic (exact) mass is 188 g/mol. The average molecular weight is 188 g/mol. The quantitative estimate of drug-likeness (QED) is 0.474. The molecule has 82 valence electrons. The van der Waals surface area contributed by atoms with E-state index in [4.69, 9.17) is 0 Å². The maximum atomic E-state index is 3.22. The molecule has 0 aromatic rings. The number of unbranched alkanes of at least 4 members (excludes halogenated alkanes) is 2. The third kappa shape index (κ3) is 24.5. The number of hydrogen-bond acceptors (Lipinski definition) is 2. The van der Waals surface area contributed by atoms with Crippen LogP contribution in [0.15, 0.2) is 0 Å². The molecule has 2 heteroatoms. The molecule has 0 radical (unpaired) electrons. The fourth-order valence-corrected chi connectivity index (χ4v) is 0.832. The molecule has 0 atom stereocenters. The molecule has 2 nitrogen and oxygen atoms in total. The molecule has 0 heterocycles. The SMILES string of the molecule is CCCCC.CCCNCNCC. The van der Waals surface area contributed by atoms with E-state index in [1.807, 2.05) is 0 Å². The summed E-state index contributed by atoms with van der Waals surface area (Å²) >= 11 is 0. The van der Waals surface area contributed by atoms with Crippen LogP contribution in [-0.2, 0) is 0 Å². The lowest BCUT2D eigenvalue weighted by Gasteiger charge is -2.00. The summed E-state index contributed by atoms with van der Waals surface area (Å²) in [6, 6.07) is 0. The number of hydrogen-bond donors (Lipinski definition) is 2. The van der Waals surface area contributed by atoms with Crippen LogP contribution in [0.4, 0.5) is 0 Å². The zero-order chi connectivity index (χ0) is 10.4. The van der Waals surface area contributed by atoms with Gasteiger partial charge in [-0.3, -0.25) is 0 Å². The van der Waals surface area contributed by atoms with Gasteiger partial charge in [0.25, 0.3) is 0 Å². The summed E-state index contributed by atoms with van der Waals surface area (Å²) in [5.41, 5.74) is 0.